The third-order valence-electron chi connectivity index (χ3n) is 6.20. The number of likely N-dealkylation sites (tertiary alicyclic amines) is 2. The Morgan fingerprint density at radius 3 is 2.53 bits per heavy atom. The Bertz CT molecular complexity index is 679. The Labute approximate surface area is 196 Å². The molecule has 2 fully saturated rings. The maximum atomic E-state index is 13.4. The highest BCUT2D eigenvalue weighted by Crippen LogP contribution is 2.17. The van der Waals surface area contributed by atoms with Crippen molar-refractivity contribution in [1.82, 2.24) is 20.4 Å². The van der Waals surface area contributed by atoms with Crippen LogP contribution in [-0.4, -0.2) is 67.6 Å². The molecule has 1 aromatic carbocycles. The highest BCUT2D eigenvalue weighted by Gasteiger charge is 2.23. The molecule has 2 aliphatic rings. The van der Waals surface area contributed by atoms with Gasteiger partial charge in [0.2, 0.25) is 0 Å². The number of benzene rings is 1. The number of likely N-dealkylation sites (N-methyl/N-ethyl adjacent to an activating group) is 1. The number of piperidine rings is 2. The van der Waals surface area contributed by atoms with Gasteiger partial charge < -0.3 is 10.6 Å². The standard InChI is InChI=1S/C22H35F2N5.HI/c1-3-29-11-5-4-6-19(29)15-26-22(25-2)27-18-9-12-28(13-10-18)16-17-7-8-20(23)21(24)14-17;/h7-8,14,18-19H,3-6,9-13,15-16H2,1-2H3,(H2,25,26,27);1H. The lowest BCUT2D eigenvalue weighted by Crippen LogP contribution is -2.52. The molecule has 0 aromatic heterocycles. The first kappa shape index (κ1) is 25.3. The molecule has 8 heteroatoms. The topological polar surface area (TPSA) is 42.9 Å². The molecule has 170 valence electrons. The van der Waals surface area contributed by atoms with Crippen molar-refractivity contribution in [3.8, 4) is 0 Å². The fourth-order valence-electron chi connectivity index (χ4n) is 4.44. The molecule has 1 atom stereocenters. The highest BCUT2D eigenvalue weighted by molar-refractivity contribution is 14.0. The second kappa shape index (κ2) is 12.8. The summed E-state index contributed by atoms with van der Waals surface area (Å²) >= 11 is 0. The van der Waals surface area contributed by atoms with Gasteiger partial charge in [0.25, 0.3) is 0 Å². The lowest BCUT2D eigenvalue weighted by molar-refractivity contribution is 0.157. The Hall–Kier alpha value is -1.00. The van der Waals surface area contributed by atoms with Crippen molar-refractivity contribution in [2.24, 2.45) is 4.99 Å². The minimum absolute atomic E-state index is 0. The Morgan fingerprint density at radius 1 is 1.10 bits per heavy atom. The molecule has 2 heterocycles. The first-order valence-corrected chi connectivity index (χ1v) is 11.0. The molecule has 3 rings (SSSR count). The molecule has 1 unspecified atom stereocenters. The van der Waals surface area contributed by atoms with Gasteiger partial charge in [-0.1, -0.05) is 19.4 Å². The minimum atomic E-state index is -0.786. The van der Waals surface area contributed by atoms with E-state index in [4.69, 9.17) is 0 Å². The van der Waals surface area contributed by atoms with Crippen LogP contribution in [0.3, 0.4) is 0 Å². The van der Waals surface area contributed by atoms with Crippen LogP contribution in [0.2, 0.25) is 0 Å². The number of guanidine groups is 1. The van der Waals surface area contributed by atoms with Gasteiger partial charge in [0.1, 0.15) is 0 Å². The van der Waals surface area contributed by atoms with Crippen LogP contribution in [0, 0.1) is 11.6 Å². The van der Waals surface area contributed by atoms with Gasteiger partial charge in [0, 0.05) is 45.3 Å². The Kier molecular flexibility index (Phi) is 10.7. The smallest absolute Gasteiger partial charge is 0.191 e. The third-order valence-corrected chi connectivity index (χ3v) is 6.20. The van der Waals surface area contributed by atoms with Crippen LogP contribution in [0.25, 0.3) is 0 Å². The van der Waals surface area contributed by atoms with Gasteiger partial charge in [-0.3, -0.25) is 14.8 Å². The summed E-state index contributed by atoms with van der Waals surface area (Å²) in [5, 5.41) is 7.08. The molecule has 0 bridgehead atoms. The molecule has 1 aromatic rings. The molecule has 2 N–H and O–H groups in total. The largest absolute Gasteiger partial charge is 0.355 e. The van der Waals surface area contributed by atoms with Gasteiger partial charge >= 0.3 is 0 Å². The van der Waals surface area contributed by atoms with E-state index in [1.165, 1.54) is 37.9 Å². The van der Waals surface area contributed by atoms with Gasteiger partial charge in [0.05, 0.1) is 0 Å². The van der Waals surface area contributed by atoms with Gasteiger partial charge in [-0.05, 0) is 56.5 Å². The molecule has 30 heavy (non-hydrogen) atoms. The maximum Gasteiger partial charge on any atom is 0.191 e. The zero-order chi connectivity index (χ0) is 20.6. The Morgan fingerprint density at radius 2 is 1.87 bits per heavy atom. The van der Waals surface area contributed by atoms with Crippen molar-refractivity contribution >= 4 is 29.9 Å². The fourth-order valence-corrected chi connectivity index (χ4v) is 4.44. The second-order valence-corrected chi connectivity index (χ2v) is 8.17. The van der Waals surface area contributed by atoms with E-state index in [1.54, 1.807) is 6.07 Å². The number of aliphatic imine (C=N–C) groups is 1. The summed E-state index contributed by atoms with van der Waals surface area (Å²) in [6.07, 6.45) is 5.88. The van der Waals surface area contributed by atoms with Crippen molar-refractivity contribution in [2.45, 2.75) is 57.7 Å². The van der Waals surface area contributed by atoms with E-state index >= 15 is 0 Å². The van der Waals surface area contributed by atoms with Crippen LogP contribution in [0.15, 0.2) is 23.2 Å². The molecule has 0 radical (unpaired) electrons. The van der Waals surface area contributed by atoms with Crippen LogP contribution in [0.4, 0.5) is 8.78 Å². The minimum Gasteiger partial charge on any atom is -0.355 e. The van der Waals surface area contributed by atoms with E-state index in [-0.39, 0.29) is 24.0 Å². The van der Waals surface area contributed by atoms with Crippen LogP contribution >= 0.6 is 24.0 Å². The van der Waals surface area contributed by atoms with Gasteiger partial charge in [0.15, 0.2) is 17.6 Å². The number of halogens is 3. The second-order valence-electron chi connectivity index (χ2n) is 8.17. The first-order chi connectivity index (χ1) is 14.1. The summed E-state index contributed by atoms with van der Waals surface area (Å²) < 4.78 is 26.5. The van der Waals surface area contributed by atoms with E-state index in [1.807, 2.05) is 7.05 Å². The molecule has 0 aliphatic carbocycles. The predicted molar refractivity (Wildman–Crippen MR) is 129 cm³/mol. The van der Waals surface area contributed by atoms with Crippen molar-refractivity contribution in [3.05, 3.63) is 35.4 Å². The number of hydrogen-bond donors (Lipinski definition) is 2. The number of rotatable bonds is 6. The van der Waals surface area contributed by atoms with Gasteiger partial charge in [-0.2, -0.15) is 0 Å². The predicted octanol–water partition coefficient (Wildman–Crippen LogP) is 3.59. The van der Waals surface area contributed by atoms with E-state index in [0.717, 1.165) is 50.5 Å². The third kappa shape index (κ3) is 7.30. The maximum absolute atomic E-state index is 13.4. The zero-order valence-electron chi connectivity index (χ0n) is 18.2. The van der Waals surface area contributed by atoms with Crippen LogP contribution in [0.5, 0.6) is 0 Å². The molecular formula is C22H36F2IN5. The SMILES string of the molecule is CCN1CCCCC1CNC(=NC)NC1CCN(Cc2ccc(F)c(F)c2)CC1.I. The monoisotopic (exact) mass is 535 g/mol. The summed E-state index contributed by atoms with van der Waals surface area (Å²) in [5.41, 5.74) is 0.820. The molecule has 0 spiro atoms. The first-order valence-electron chi connectivity index (χ1n) is 11.0. The fraction of sp³-hybridized carbons (Fsp3) is 0.682. The Balaban J connectivity index is 0.00000320. The van der Waals surface area contributed by atoms with Crippen molar-refractivity contribution < 1.29 is 8.78 Å². The van der Waals surface area contributed by atoms with Crippen LogP contribution in [0.1, 0.15) is 44.6 Å². The highest BCUT2D eigenvalue weighted by atomic mass is 127. The molecule has 2 aliphatic heterocycles. The van der Waals surface area contributed by atoms with E-state index < -0.39 is 11.6 Å². The normalized spacial score (nSPS) is 21.9. The summed E-state index contributed by atoms with van der Waals surface area (Å²) in [5.74, 6) is -0.676. The number of nitrogens with one attached hydrogen (secondary N) is 2. The van der Waals surface area contributed by atoms with Gasteiger partial charge in [-0.25, -0.2) is 8.78 Å². The summed E-state index contributed by atoms with van der Waals surface area (Å²) in [7, 11) is 1.83. The average molecular weight is 535 g/mol. The van der Waals surface area contributed by atoms with Crippen LogP contribution < -0.4 is 10.6 Å². The summed E-state index contributed by atoms with van der Waals surface area (Å²) in [6.45, 7) is 7.99. The molecular weight excluding hydrogens is 499 g/mol. The molecule has 0 amide bonds. The van der Waals surface area contributed by atoms with Crippen molar-refractivity contribution in [3.63, 3.8) is 0 Å². The van der Waals surface area contributed by atoms with E-state index in [2.05, 4.69) is 32.3 Å². The zero-order valence-corrected chi connectivity index (χ0v) is 20.5. The van der Waals surface area contributed by atoms with Gasteiger partial charge in [-0.15, -0.1) is 24.0 Å². The molecule has 2 saturated heterocycles. The van der Waals surface area contributed by atoms with E-state index in [0.29, 0.717) is 18.6 Å². The number of hydrogen-bond acceptors (Lipinski definition) is 3. The lowest BCUT2D eigenvalue weighted by Gasteiger charge is -2.36. The lowest BCUT2D eigenvalue weighted by atomic mass is 10.0. The molecule has 5 nitrogen and oxygen atoms in total. The number of nitrogens with zero attached hydrogens (tertiary/aromatic N) is 3. The summed E-state index contributed by atoms with van der Waals surface area (Å²) in [4.78, 5) is 9.26. The van der Waals surface area contributed by atoms with Crippen molar-refractivity contribution in [2.75, 3.05) is 39.8 Å². The van der Waals surface area contributed by atoms with E-state index in [9.17, 15) is 8.78 Å². The molecule has 0 saturated carbocycles. The van der Waals surface area contributed by atoms with Crippen molar-refractivity contribution in [1.29, 1.82) is 0 Å². The quantitative estimate of drug-likeness (QED) is 0.332. The van der Waals surface area contributed by atoms with Crippen LogP contribution in [-0.2, 0) is 6.54 Å². The average Bonchev–Trinajstić information content (AvgIpc) is 2.75. The summed E-state index contributed by atoms with van der Waals surface area (Å²) in [6, 6.07) is 5.15.